The molecule has 0 spiro atoms. The fraction of sp³-hybridized carbons (Fsp3) is 0.300. The summed E-state index contributed by atoms with van der Waals surface area (Å²) in [5.74, 6) is -0.686. The van der Waals surface area contributed by atoms with E-state index in [9.17, 15) is 19.7 Å². The van der Waals surface area contributed by atoms with E-state index in [1.54, 1.807) is 37.3 Å². The number of unbranched alkanes of at least 4 members (excludes halogenated alkanes) is 1. The van der Waals surface area contributed by atoms with Gasteiger partial charge in [0.25, 0.3) is 11.6 Å². The van der Waals surface area contributed by atoms with Crippen LogP contribution in [0.2, 0.25) is 0 Å². The van der Waals surface area contributed by atoms with Crippen LogP contribution in [0.3, 0.4) is 0 Å². The fourth-order valence-electron chi connectivity index (χ4n) is 2.38. The Bertz CT molecular complexity index is 848. The van der Waals surface area contributed by atoms with Crippen LogP contribution >= 0.6 is 0 Å². The molecule has 0 radical (unpaired) electrons. The summed E-state index contributed by atoms with van der Waals surface area (Å²) in [5.41, 5.74) is 0.672. The zero-order valence-electron chi connectivity index (χ0n) is 15.8. The minimum absolute atomic E-state index is 0.0853. The van der Waals surface area contributed by atoms with Crippen molar-refractivity contribution in [1.82, 2.24) is 0 Å². The average molecular weight is 386 g/mol. The van der Waals surface area contributed by atoms with Gasteiger partial charge < -0.3 is 14.8 Å². The minimum Gasteiger partial charge on any atom is -0.494 e. The molecule has 0 bridgehead atoms. The molecule has 2 aromatic rings. The molecular formula is C20H22N2O6. The maximum Gasteiger partial charge on any atom is 0.338 e. The second-order valence-electron chi connectivity index (χ2n) is 6.08. The Hall–Kier alpha value is -3.42. The van der Waals surface area contributed by atoms with Gasteiger partial charge in [0.1, 0.15) is 11.4 Å². The summed E-state index contributed by atoms with van der Waals surface area (Å²) in [6.07, 6.45) is 1.97. The lowest BCUT2D eigenvalue weighted by atomic mass is 10.1. The standard InChI is InChI=1S/C20H22N2O6/c1-3-4-12-27-16-10-8-15(9-11-16)20(24)28-13-18(23)21-19-14(2)6-5-7-17(19)22(25)26/h5-11H,3-4,12-13H2,1-2H3,(H,21,23). The zero-order chi connectivity index (χ0) is 20.5. The Balaban J connectivity index is 1.91. The molecule has 0 saturated carbocycles. The van der Waals surface area contributed by atoms with Crippen molar-refractivity contribution >= 4 is 23.3 Å². The van der Waals surface area contributed by atoms with Gasteiger partial charge in [-0.1, -0.05) is 25.5 Å². The van der Waals surface area contributed by atoms with Crippen molar-refractivity contribution < 1.29 is 24.0 Å². The first kappa shape index (κ1) is 20.9. The van der Waals surface area contributed by atoms with Crippen LogP contribution in [-0.2, 0) is 9.53 Å². The van der Waals surface area contributed by atoms with Crippen molar-refractivity contribution in [3.05, 3.63) is 63.7 Å². The van der Waals surface area contributed by atoms with Gasteiger partial charge in [0.05, 0.1) is 17.1 Å². The van der Waals surface area contributed by atoms with E-state index in [0.717, 1.165) is 12.8 Å². The summed E-state index contributed by atoms with van der Waals surface area (Å²) in [4.78, 5) is 34.6. The number of nitrogens with one attached hydrogen (secondary N) is 1. The second kappa shape index (κ2) is 10.1. The molecule has 8 nitrogen and oxygen atoms in total. The first-order valence-corrected chi connectivity index (χ1v) is 8.86. The van der Waals surface area contributed by atoms with Crippen molar-refractivity contribution in [2.75, 3.05) is 18.5 Å². The number of nitro groups is 1. The molecule has 0 fully saturated rings. The van der Waals surface area contributed by atoms with E-state index < -0.39 is 23.4 Å². The number of para-hydroxylation sites is 1. The highest BCUT2D eigenvalue weighted by Crippen LogP contribution is 2.27. The molecule has 1 N–H and O–H groups in total. The van der Waals surface area contributed by atoms with Crippen LogP contribution in [0.25, 0.3) is 0 Å². The largest absolute Gasteiger partial charge is 0.494 e. The molecule has 148 valence electrons. The van der Waals surface area contributed by atoms with Crippen molar-refractivity contribution in [3.63, 3.8) is 0 Å². The van der Waals surface area contributed by atoms with Gasteiger partial charge in [-0.25, -0.2) is 4.79 Å². The number of benzene rings is 2. The van der Waals surface area contributed by atoms with E-state index in [4.69, 9.17) is 9.47 Å². The molecule has 28 heavy (non-hydrogen) atoms. The highest BCUT2D eigenvalue weighted by atomic mass is 16.6. The third-order valence-corrected chi connectivity index (χ3v) is 3.90. The summed E-state index contributed by atoms with van der Waals surface area (Å²) >= 11 is 0. The molecule has 0 unspecified atom stereocenters. The number of ether oxygens (including phenoxy) is 2. The van der Waals surface area contributed by atoms with Gasteiger partial charge in [-0.15, -0.1) is 0 Å². The lowest BCUT2D eigenvalue weighted by molar-refractivity contribution is -0.384. The second-order valence-corrected chi connectivity index (χ2v) is 6.08. The molecule has 0 heterocycles. The van der Waals surface area contributed by atoms with Gasteiger partial charge in [0, 0.05) is 6.07 Å². The average Bonchev–Trinajstić information content (AvgIpc) is 2.68. The Morgan fingerprint density at radius 2 is 1.86 bits per heavy atom. The maximum absolute atomic E-state index is 12.1. The summed E-state index contributed by atoms with van der Waals surface area (Å²) in [5, 5.41) is 13.5. The van der Waals surface area contributed by atoms with Crippen LogP contribution in [0.1, 0.15) is 35.7 Å². The number of aryl methyl sites for hydroxylation is 1. The smallest absolute Gasteiger partial charge is 0.338 e. The molecule has 0 aliphatic rings. The van der Waals surface area contributed by atoms with Crippen LogP contribution in [-0.4, -0.2) is 30.0 Å². The van der Waals surface area contributed by atoms with Crippen LogP contribution < -0.4 is 10.1 Å². The van der Waals surface area contributed by atoms with Crippen molar-refractivity contribution in [2.45, 2.75) is 26.7 Å². The van der Waals surface area contributed by atoms with Gasteiger partial charge in [-0.2, -0.15) is 0 Å². The van der Waals surface area contributed by atoms with Crippen molar-refractivity contribution in [2.24, 2.45) is 0 Å². The quantitative estimate of drug-likeness (QED) is 0.303. The van der Waals surface area contributed by atoms with Crippen LogP contribution in [0.4, 0.5) is 11.4 Å². The summed E-state index contributed by atoms with van der Waals surface area (Å²) in [7, 11) is 0. The van der Waals surface area contributed by atoms with Gasteiger partial charge in [-0.05, 0) is 43.2 Å². The molecule has 0 aliphatic carbocycles. The number of rotatable bonds is 9. The molecule has 2 rings (SSSR count). The van der Waals surface area contributed by atoms with Gasteiger partial charge in [0.15, 0.2) is 6.61 Å². The topological polar surface area (TPSA) is 108 Å². The molecule has 2 aromatic carbocycles. The van der Waals surface area contributed by atoms with Gasteiger partial charge in [0.2, 0.25) is 0 Å². The summed E-state index contributed by atoms with van der Waals surface area (Å²) in [6, 6.07) is 10.9. The number of anilines is 1. The normalized spacial score (nSPS) is 10.2. The van der Waals surface area contributed by atoms with Gasteiger partial charge >= 0.3 is 5.97 Å². The lowest BCUT2D eigenvalue weighted by Gasteiger charge is -2.10. The van der Waals surface area contributed by atoms with Crippen LogP contribution in [0, 0.1) is 17.0 Å². The number of carbonyl (C=O) groups excluding carboxylic acids is 2. The zero-order valence-corrected chi connectivity index (χ0v) is 15.8. The third-order valence-electron chi connectivity index (χ3n) is 3.90. The predicted octanol–water partition coefficient (Wildman–Crippen LogP) is 3.88. The molecule has 0 aliphatic heterocycles. The first-order valence-electron chi connectivity index (χ1n) is 8.86. The molecule has 8 heteroatoms. The summed E-state index contributed by atoms with van der Waals surface area (Å²) in [6.45, 7) is 3.75. The Kier molecular flexibility index (Phi) is 7.50. The number of hydrogen-bond donors (Lipinski definition) is 1. The fourth-order valence-corrected chi connectivity index (χ4v) is 2.38. The summed E-state index contributed by atoms with van der Waals surface area (Å²) < 4.78 is 10.5. The van der Waals surface area contributed by atoms with Gasteiger partial charge in [-0.3, -0.25) is 14.9 Å². The van der Waals surface area contributed by atoms with E-state index in [1.165, 1.54) is 12.1 Å². The Morgan fingerprint density at radius 1 is 1.14 bits per heavy atom. The first-order chi connectivity index (χ1) is 13.4. The Morgan fingerprint density at radius 3 is 2.50 bits per heavy atom. The monoisotopic (exact) mass is 386 g/mol. The molecule has 0 saturated heterocycles. The molecular weight excluding hydrogens is 364 g/mol. The predicted molar refractivity (Wildman–Crippen MR) is 104 cm³/mol. The highest BCUT2D eigenvalue weighted by Gasteiger charge is 2.18. The van der Waals surface area contributed by atoms with Crippen molar-refractivity contribution in [3.8, 4) is 5.75 Å². The Labute approximate surface area is 162 Å². The van der Waals surface area contributed by atoms with Crippen LogP contribution in [0.15, 0.2) is 42.5 Å². The number of carbonyl (C=O) groups is 2. The number of hydrogen-bond acceptors (Lipinski definition) is 6. The highest BCUT2D eigenvalue weighted by molar-refractivity contribution is 5.97. The number of nitro benzene ring substituents is 1. The van der Waals surface area contributed by atoms with Crippen molar-refractivity contribution in [1.29, 1.82) is 0 Å². The van der Waals surface area contributed by atoms with E-state index in [2.05, 4.69) is 12.2 Å². The lowest BCUT2D eigenvalue weighted by Crippen LogP contribution is -2.22. The third kappa shape index (κ3) is 5.80. The van der Waals surface area contributed by atoms with E-state index in [0.29, 0.717) is 17.9 Å². The molecule has 0 atom stereocenters. The number of esters is 1. The van der Waals surface area contributed by atoms with E-state index in [1.807, 2.05) is 0 Å². The molecule has 1 amide bonds. The number of nitrogens with zero attached hydrogens (tertiary/aromatic N) is 1. The minimum atomic E-state index is -0.672. The van der Waals surface area contributed by atoms with E-state index >= 15 is 0 Å². The molecule has 0 aromatic heterocycles. The maximum atomic E-state index is 12.1. The SMILES string of the molecule is CCCCOc1ccc(C(=O)OCC(=O)Nc2c(C)cccc2[N+](=O)[O-])cc1. The number of amides is 1. The van der Waals surface area contributed by atoms with Crippen LogP contribution in [0.5, 0.6) is 5.75 Å². The van der Waals surface area contributed by atoms with E-state index in [-0.39, 0.29) is 16.9 Å².